The van der Waals surface area contributed by atoms with Crippen molar-refractivity contribution in [2.24, 2.45) is 0 Å². The van der Waals surface area contributed by atoms with Gasteiger partial charge in [0.15, 0.2) is 0 Å². The maximum Gasteiger partial charge on any atom is 0.248 e. The van der Waals surface area contributed by atoms with E-state index in [-0.39, 0.29) is 0 Å². The van der Waals surface area contributed by atoms with Crippen LogP contribution in [0.1, 0.15) is 15.6 Å². The summed E-state index contributed by atoms with van der Waals surface area (Å²) in [6.07, 6.45) is 0. The molecule has 4 heteroatoms. The number of thiophene rings is 1. The van der Waals surface area contributed by atoms with Gasteiger partial charge in [0.1, 0.15) is 0 Å². The monoisotopic (exact) mass is 194 g/mol. The largest absolute Gasteiger partial charge is 0.421 e. The fourth-order valence-corrected chi connectivity index (χ4v) is 2.16. The van der Waals surface area contributed by atoms with Gasteiger partial charge in [-0.3, -0.25) is 0 Å². The van der Waals surface area contributed by atoms with Crippen LogP contribution in [0.2, 0.25) is 0 Å². The highest BCUT2D eigenvalue weighted by atomic mass is 32.1. The molecule has 0 atom stereocenters. The van der Waals surface area contributed by atoms with Crippen molar-refractivity contribution in [1.82, 2.24) is 10.2 Å². The fourth-order valence-electron chi connectivity index (χ4n) is 1.25. The summed E-state index contributed by atoms with van der Waals surface area (Å²) < 4.78 is 5.35. The standard InChI is InChI=1S/C9H10N2OS/c1-5-4-8(6(2)13-5)9-11-10-7(3)12-9/h4H,1-3H3. The first-order valence-corrected chi connectivity index (χ1v) is 4.86. The lowest BCUT2D eigenvalue weighted by atomic mass is 10.2. The zero-order chi connectivity index (χ0) is 9.42. The van der Waals surface area contributed by atoms with Gasteiger partial charge in [0.2, 0.25) is 11.8 Å². The summed E-state index contributed by atoms with van der Waals surface area (Å²) in [5.41, 5.74) is 1.06. The van der Waals surface area contributed by atoms with Crippen molar-refractivity contribution in [3.8, 4) is 11.5 Å². The molecule has 68 valence electrons. The first kappa shape index (κ1) is 8.44. The Labute approximate surface area is 80.4 Å². The van der Waals surface area contributed by atoms with E-state index in [2.05, 4.69) is 30.1 Å². The van der Waals surface area contributed by atoms with Crippen LogP contribution in [-0.2, 0) is 0 Å². The Kier molecular flexibility index (Phi) is 1.92. The van der Waals surface area contributed by atoms with Gasteiger partial charge in [0, 0.05) is 16.7 Å². The molecule has 2 aromatic heterocycles. The van der Waals surface area contributed by atoms with E-state index in [1.54, 1.807) is 18.3 Å². The first-order chi connectivity index (χ1) is 6.16. The van der Waals surface area contributed by atoms with Crippen LogP contribution < -0.4 is 0 Å². The van der Waals surface area contributed by atoms with Gasteiger partial charge in [-0.1, -0.05) is 0 Å². The number of hydrogen-bond acceptors (Lipinski definition) is 4. The maximum absolute atomic E-state index is 5.35. The van der Waals surface area contributed by atoms with Crippen LogP contribution in [0.25, 0.3) is 11.5 Å². The highest BCUT2D eigenvalue weighted by Gasteiger charge is 2.10. The van der Waals surface area contributed by atoms with Crippen molar-refractivity contribution in [3.05, 3.63) is 21.7 Å². The second-order valence-electron chi connectivity index (χ2n) is 2.95. The van der Waals surface area contributed by atoms with E-state index in [1.165, 1.54) is 9.75 Å². The van der Waals surface area contributed by atoms with Crippen LogP contribution in [0.15, 0.2) is 10.5 Å². The van der Waals surface area contributed by atoms with Crippen molar-refractivity contribution in [2.45, 2.75) is 20.8 Å². The minimum atomic E-state index is 0.609. The quantitative estimate of drug-likeness (QED) is 0.700. The zero-order valence-electron chi connectivity index (χ0n) is 7.79. The minimum Gasteiger partial charge on any atom is -0.421 e. The van der Waals surface area contributed by atoms with Gasteiger partial charge in [-0.2, -0.15) is 0 Å². The molecule has 0 saturated heterocycles. The smallest absolute Gasteiger partial charge is 0.248 e. The normalized spacial score (nSPS) is 10.7. The Morgan fingerprint density at radius 1 is 1.23 bits per heavy atom. The van der Waals surface area contributed by atoms with Crippen molar-refractivity contribution in [1.29, 1.82) is 0 Å². The van der Waals surface area contributed by atoms with Gasteiger partial charge in [-0.15, -0.1) is 21.5 Å². The van der Waals surface area contributed by atoms with Gasteiger partial charge >= 0.3 is 0 Å². The van der Waals surface area contributed by atoms with E-state index in [1.807, 2.05) is 0 Å². The molecule has 0 fully saturated rings. The molecule has 0 aliphatic rings. The summed E-state index contributed by atoms with van der Waals surface area (Å²) in [6.45, 7) is 5.93. The average Bonchev–Trinajstić information content (AvgIpc) is 2.58. The molecule has 0 aliphatic heterocycles. The van der Waals surface area contributed by atoms with E-state index in [9.17, 15) is 0 Å². The number of nitrogens with zero attached hydrogens (tertiary/aromatic N) is 2. The van der Waals surface area contributed by atoms with E-state index in [0.717, 1.165) is 5.56 Å². The molecule has 2 heterocycles. The fraction of sp³-hybridized carbons (Fsp3) is 0.333. The summed E-state index contributed by atoms with van der Waals surface area (Å²) in [6, 6.07) is 2.08. The third kappa shape index (κ3) is 1.49. The Bertz CT molecular complexity index is 431. The minimum absolute atomic E-state index is 0.609. The molecule has 0 N–H and O–H groups in total. The zero-order valence-corrected chi connectivity index (χ0v) is 8.60. The molecule has 0 aromatic carbocycles. The summed E-state index contributed by atoms with van der Waals surface area (Å²) in [7, 11) is 0. The van der Waals surface area contributed by atoms with E-state index < -0.39 is 0 Å². The number of rotatable bonds is 1. The predicted octanol–water partition coefficient (Wildman–Crippen LogP) is 2.72. The molecule has 2 aromatic rings. The molecule has 0 amide bonds. The second kappa shape index (κ2) is 2.96. The van der Waals surface area contributed by atoms with Crippen LogP contribution in [-0.4, -0.2) is 10.2 Å². The Morgan fingerprint density at radius 2 is 2.00 bits per heavy atom. The first-order valence-electron chi connectivity index (χ1n) is 4.04. The van der Waals surface area contributed by atoms with Crippen molar-refractivity contribution >= 4 is 11.3 Å². The average molecular weight is 194 g/mol. The summed E-state index contributed by atoms with van der Waals surface area (Å²) >= 11 is 1.75. The Balaban J connectivity index is 2.51. The van der Waals surface area contributed by atoms with Crippen molar-refractivity contribution < 1.29 is 4.42 Å². The lowest BCUT2D eigenvalue weighted by Crippen LogP contribution is -1.75. The lowest BCUT2D eigenvalue weighted by Gasteiger charge is -1.89. The van der Waals surface area contributed by atoms with Crippen molar-refractivity contribution in [2.75, 3.05) is 0 Å². The molecule has 3 nitrogen and oxygen atoms in total. The number of aryl methyl sites for hydroxylation is 3. The van der Waals surface area contributed by atoms with Gasteiger partial charge < -0.3 is 4.42 Å². The van der Waals surface area contributed by atoms with Crippen LogP contribution in [0.4, 0.5) is 0 Å². The van der Waals surface area contributed by atoms with Crippen LogP contribution in [0.3, 0.4) is 0 Å². The molecule has 0 unspecified atom stereocenters. The van der Waals surface area contributed by atoms with E-state index in [0.29, 0.717) is 11.8 Å². The lowest BCUT2D eigenvalue weighted by molar-refractivity contribution is 0.532. The Morgan fingerprint density at radius 3 is 2.46 bits per heavy atom. The SMILES string of the molecule is Cc1nnc(-c2cc(C)sc2C)o1. The maximum atomic E-state index is 5.35. The van der Waals surface area contributed by atoms with Crippen LogP contribution >= 0.6 is 11.3 Å². The predicted molar refractivity (Wildman–Crippen MR) is 51.8 cm³/mol. The number of aromatic nitrogens is 2. The molecule has 0 aliphatic carbocycles. The van der Waals surface area contributed by atoms with Crippen LogP contribution in [0, 0.1) is 20.8 Å². The second-order valence-corrected chi connectivity index (χ2v) is 4.41. The summed E-state index contributed by atoms with van der Waals surface area (Å²) in [5.74, 6) is 1.23. The molecule has 0 radical (unpaired) electrons. The van der Waals surface area contributed by atoms with E-state index in [4.69, 9.17) is 4.42 Å². The molecular formula is C9H10N2OS. The highest BCUT2D eigenvalue weighted by Crippen LogP contribution is 2.29. The van der Waals surface area contributed by atoms with Gasteiger partial charge in [-0.05, 0) is 19.9 Å². The Hall–Kier alpha value is -1.16. The third-order valence-electron chi connectivity index (χ3n) is 1.80. The molecule has 2 rings (SSSR count). The molecule has 0 saturated carbocycles. The van der Waals surface area contributed by atoms with Crippen molar-refractivity contribution in [3.63, 3.8) is 0 Å². The van der Waals surface area contributed by atoms with E-state index >= 15 is 0 Å². The molecule has 0 spiro atoms. The highest BCUT2D eigenvalue weighted by molar-refractivity contribution is 7.12. The number of hydrogen-bond donors (Lipinski definition) is 0. The summed E-state index contributed by atoms with van der Waals surface area (Å²) in [4.78, 5) is 2.49. The molecule has 0 bridgehead atoms. The van der Waals surface area contributed by atoms with Gasteiger partial charge in [0.25, 0.3) is 0 Å². The molecule has 13 heavy (non-hydrogen) atoms. The topological polar surface area (TPSA) is 38.9 Å². The third-order valence-corrected chi connectivity index (χ3v) is 2.76. The van der Waals surface area contributed by atoms with Gasteiger partial charge in [-0.25, -0.2) is 0 Å². The van der Waals surface area contributed by atoms with Gasteiger partial charge in [0.05, 0.1) is 5.56 Å². The van der Waals surface area contributed by atoms with Crippen LogP contribution in [0.5, 0.6) is 0 Å². The summed E-state index contributed by atoms with van der Waals surface area (Å²) in [5, 5.41) is 7.78. The molecular weight excluding hydrogens is 184 g/mol.